The first-order valence-electron chi connectivity index (χ1n) is 4.80. The van der Waals surface area contributed by atoms with Gasteiger partial charge < -0.3 is 10.6 Å². The lowest BCUT2D eigenvalue weighted by molar-refractivity contribution is 0.0814. The molecular formula is C11H16N2O2. The molecule has 1 aromatic carbocycles. The number of Topliss-reactive ketones (excluding diaryl/α,β-unsaturated/α-hetero) is 1. The third-order valence-electron chi connectivity index (χ3n) is 2.11. The van der Waals surface area contributed by atoms with Crippen LogP contribution in [-0.2, 0) is 4.84 Å². The highest BCUT2D eigenvalue weighted by Crippen LogP contribution is 2.15. The summed E-state index contributed by atoms with van der Waals surface area (Å²) >= 11 is 0. The molecule has 3 N–H and O–H groups in total. The summed E-state index contributed by atoms with van der Waals surface area (Å²) in [7, 11) is 1.52. The Morgan fingerprint density at radius 1 is 1.53 bits per heavy atom. The number of carbonyl (C=O) groups excluding carboxylic acids is 1. The van der Waals surface area contributed by atoms with Crippen LogP contribution in [-0.4, -0.2) is 19.4 Å². The van der Waals surface area contributed by atoms with Crippen molar-refractivity contribution in [3.63, 3.8) is 0 Å². The number of nitrogen functional groups attached to an aromatic ring is 1. The number of anilines is 1. The zero-order valence-corrected chi connectivity index (χ0v) is 9.04. The predicted molar refractivity (Wildman–Crippen MR) is 59.6 cm³/mol. The SMILES string of the molecule is CONCCC(=O)c1cc(C)ccc1N. The third kappa shape index (κ3) is 3.34. The first-order valence-corrected chi connectivity index (χ1v) is 4.80. The summed E-state index contributed by atoms with van der Waals surface area (Å²) in [5.74, 6) is 0.0285. The van der Waals surface area contributed by atoms with Gasteiger partial charge in [0.25, 0.3) is 0 Å². The van der Waals surface area contributed by atoms with E-state index < -0.39 is 0 Å². The van der Waals surface area contributed by atoms with E-state index in [9.17, 15) is 4.79 Å². The summed E-state index contributed by atoms with van der Waals surface area (Å²) in [6, 6.07) is 5.45. The molecule has 0 radical (unpaired) electrons. The van der Waals surface area contributed by atoms with Gasteiger partial charge in [-0.3, -0.25) is 4.79 Å². The van der Waals surface area contributed by atoms with Crippen LogP contribution < -0.4 is 11.2 Å². The lowest BCUT2D eigenvalue weighted by Gasteiger charge is -2.06. The molecule has 1 aromatic rings. The molecule has 0 bridgehead atoms. The lowest BCUT2D eigenvalue weighted by Crippen LogP contribution is -2.17. The van der Waals surface area contributed by atoms with Crippen molar-refractivity contribution in [2.45, 2.75) is 13.3 Å². The Morgan fingerprint density at radius 2 is 2.27 bits per heavy atom. The molecule has 0 atom stereocenters. The van der Waals surface area contributed by atoms with Gasteiger partial charge in [-0.05, 0) is 19.1 Å². The van der Waals surface area contributed by atoms with Crippen molar-refractivity contribution in [1.82, 2.24) is 5.48 Å². The molecule has 82 valence electrons. The Bertz CT molecular complexity index is 350. The van der Waals surface area contributed by atoms with Crippen molar-refractivity contribution in [1.29, 1.82) is 0 Å². The summed E-state index contributed by atoms with van der Waals surface area (Å²) in [6.07, 6.45) is 0.376. The van der Waals surface area contributed by atoms with E-state index in [0.29, 0.717) is 24.2 Å². The normalized spacial score (nSPS) is 10.3. The fraction of sp³-hybridized carbons (Fsp3) is 0.364. The van der Waals surface area contributed by atoms with Gasteiger partial charge in [0.1, 0.15) is 0 Å². The van der Waals surface area contributed by atoms with E-state index in [1.165, 1.54) is 7.11 Å². The Hall–Kier alpha value is -1.39. The molecule has 0 aliphatic rings. The minimum absolute atomic E-state index is 0.0285. The highest BCUT2D eigenvalue weighted by molar-refractivity contribution is 6.00. The summed E-state index contributed by atoms with van der Waals surface area (Å²) < 4.78 is 0. The Balaban J connectivity index is 2.68. The van der Waals surface area contributed by atoms with Crippen LogP contribution in [0.25, 0.3) is 0 Å². The van der Waals surface area contributed by atoms with E-state index in [2.05, 4.69) is 10.3 Å². The van der Waals surface area contributed by atoms with Gasteiger partial charge in [-0.15, -0.1) is 0 Å². The van der Waals surface area contributed by atoms with Crippen molar-refractivity contribution in [2.75, 3.05) is 19.4 Å². The van der Waals surface area contributed by atoms with Crippen LogP contribution in [0.4, 0.5) is 5.69 Å². The van der Waals surface area contributed by atoms with Gasteiger partial charge in [0.2, 0.25) is 0 Å². The van der Waals surface area contributed by atoms with Crippen LogP contribution in [0.2, 0.25) is 0 Å². The average molecular weight is 208 g/mol. The highest BCUT2D eigenvalue weighted by Gasteiger charge is 2.09. The molecule has 15 heavy (non-hydrogen) atoms. The number of nitrogens with one attached hydrogen (secondary N) is 1. The van der Waals surface area contributed by atoms with Gasteiger partial charge in [-0.25, -0.2) is 5.48 Å². The molecule has 0 spiro atoms. The summed E-state index contributed by atoms with van der Waals surface area (Å²) in [5, 5.41) is 0. The number of rotatable bonds is 5. The summed E-state index contributed by atoms with van der Waals surface area (Å²) in [5.41, 5.74) is 10.5. The molecule has 0 heterocycles. The molecule has 0 fully saturated rings. The second-order valence-electron chi connectivity index (χ2n) is 3.36. The van der Waals surface area contributed by atoms with Gasteiger partial charge in [0, 0.05) is 24.2 Å². The molecule has 0 amide bonds. The van der Waals surface area contributed by atoms with E-state index in [1.807, 2.05) is 19.1 Å². The Kier molecular flexibility index (Phi) is 4.27. The number of ketones is 1. The first kappa shape index (κ1) is 11.7. The van der Waals surface area contributed by atoms with Crippen LogP contribution in [0.1, 0.15) is 22.3 Å². The quantitative estimate of drug-likeness (QED) is 0.331. The number of aryl methyl sites for hydroxylation is 1. The van der Waals surface area contributed by atoms with Gasteiger partial charge in [0.05, 0.1) is 7.11 Å². The molecule has 0 aromatic heterocycles. The maximum Gasteiger partial charge on any atom is 0.166 e. The summed E-state index contributed by atoms with van der Waals surface area (Å²) in [4.78, 5) is 16.4. The van der Waals surface area contributed by atoms with Crippen molar-refractivity contribution in [3.05, 3.63) is 29.3 Å². The molecule has 4 nitrogen and oxygen atoms in total. The fourth-order valence-corrected chi connectivity index (χ4v) is 1.31. The van der Waals surface area contributed by atoms with E-state index in [0.717, 1.165) is 5.56 Å². The maximum absolute atomic E-state index is 11.7. The van der Waals surface area contributed by atoms with Crippen molar-refractivity contribution >= 4 is 11.5 Å². The monoisotopic (exact) mass is 208 g/mol. The molecule has 1 rings (SSSR count). The van der Waals surface area contributed by atoms with Gasteiger partial charge >= 0.3 is 0 Å². The third-order valence-corrected chi connectivity index (χ3v) is 2.11. The lowest BCUT2D eigenvalue weighted by atomic mass is 10.0. The van der Waals surface area contributed by atoms with Crippen LogP contribution in [0.15, 0.2) is 18.2 Å². The highest BCUT2D eigenvalue weighted by atomic mass is 16.6. The Labute approximate surface area is 89.4 Å². The molecule has 0 aliphatic heterocycles. The van der Waals surface area contributed by atoms with Crippen LogP contribution in [0.3, 0.4) is 0 Å². The van der Waals surface area contributed by atoms with Crippen molar-refractivity contribution in [3.8, 4) is 0 Å². The zero-order valence-electron chi connectivity index (χ0n) is 9.04. The fourth-order valence-electron chi connectivity index (χ4n) is 1.31. The molecule has 0 saturated carbocycles. The largest absolute Gasteiger partial charge is 0.398 e. The minimum Gasteiger partial charge on any atom is -0.398 e. The number of hydrogen-bond acceptors (Lipinski definition) is 4. The second-order valence-corrected chi connectivity index (χ2v) is 3.36. The van der Waals surface area contributed by atoms with E-state index in [4.69, 9.17) is 5.73 Å². The standard InChI is InChI=1S/C11H16N2O2/c1-8-3-4-10(12)9(7-8)11(14)5-6-13-15-2/h3-4,7,13H,5-6,12H2,1-2H3. The molecule has 0 unspecified atom stereocenters. The van der Waals surface area contributed by atoms with Gasteiger partial charge in [-0.1, -0.05) is 11.6 Å². The topological polar surface area (TPSA) is 64.3 Å². The van der Waals surface area contributed by atoms with Crippen LogP contribution in [0, 0.1) is 6.92 Å². The van der Waals surface area contributed by atoms with Crippen molar-refractivity contribution in [2.24, 2.45) is 0 Å². The van der Waals surface area contributed by atoms with E-state index >= 15 is 0 Å². The number of hydroxylamine groups is 1. The van der Waals surface area contributed by atoms with E-state index in [-0.39, 0.29) is 5.78 Å². The minimum atomic E-state index is 0.0285. The van der Waals surface area contributed by atoms with Gasteiger partial charge in [-0.2, -0.15) is 0 Å². The second kappa shape index (κ2) is 5.48. The number of hydrogen-bond donors (Lipinski definition) is 2. The molecule has 4 heteroatoms. The first-order chi connectivity index (χ1) is 7.15. The number of benzene rings is 1. The van der Waals surface area contributed by atoms with Crippen LogP contribution in [0.5, 0.6) is 0 Å². The van der Waals surface area contributed by atoms with Crippen molar-refractivity contribution < 1.29 is 9.63 Å². The maximum atomic E-state index is 11.7. The summed E-state index contributed by atoms with van der Waals surface area (Å²) in [6.45, 7) is 2.42. The predicted octanol–water partition coefficient (Wildman–Crippen LogP) is 1.30. The van der Waals surface area contributed by atoms with E-state index in [1.54, 1.807) is 6.07 Å². The van der Waals surface area contributed by atoms with Crippen LogP contribution >= 0.6 is 0 Å². The Morgan fingerprint density at radius 3 is 2.93 bits per heavy atom. The average Bonchev–Trinajstić information content (AvgIpc) is 2.22. The molecule has 0 aliphatic carbocycles. The van der Waals surface area contributed by atoms with Gasteiger partial charge in [0.15, 0.2) is 5.78 Å². The zero-order chi connectivity index (χ0) is 11.3. The number of nitrogens with two attached hydrogens (primary N) is 1. The molecule has 0 saturated heterocycles. The number of carbonyl (C=O) groups is 1. The smallest absolute Gasteiger partial charge is 0.166 e. The molecular weight excluding hydrogens is 192 g/mol.